The van der Waals surface area contributed by atoms with E-state index in [1.807, 2.05) is 11.9 Å². The molecule has 0 radical (unpaired) electrons. The predicted octanol–water partition coefficient (Wildman–Crippen LogP) is 2.71. The molecule has 134 valence electrons. The largest absolute Gasteiger partial charge is 0.433 e. The minimum Gasteiger partial charge on any atom is -0.433 e. The van der Waals surface area contributed by atoms with E-state index in [0.29, 0.717) is 6.54 Å². The quantitative estimate of drug-likeness (QED) is 0.800. The molecule has 1 amide bonds. The molecule has 0 aromatic heterocycles. The molecule has 1 aliphatic rings. The van der Waals surface area contributed by atoms with Crippen molar-refractivity contribution in [1.82, 2.24) is 4.90 Å². The first kappa shape index (κ1) is 18.6. The molecule has 1 aromatic rings. The average molecular weight is 342 g/mol. The third kappa shape index (κ3) is 5.72. The lowest BCUT2D eigenvalue weighted by atomic mass is 9.86. The molecule has 2 N–H and O–H groups in total. The van der Waals surface area contributed by atoms with Gasteiger partial charge in [0.15, 0.2) is 0 Å². The topological polar surface area (TPSA) is 61.8 Å². The molecule has 7 heteroatoms. The summed E-state index contributed by atoms with van der Waals surface area (Å²) < 4.78 is 29.1. The van der Waals surface area contributed by atoms with E-state index in [2.05, 4.69) is 10.1 Å². The highest BCUT2D eigenvalue weighted by molar-refractivity contribution is 5.93. The van der Waals surface area contributed by atoms with Crippen LogP contribution in [0.1, 0.15) is 25.7 Å². The summed E-state index contributed by atoms with van der Waals surface area (Å²) in [6.45, 7) is -2.20. The van der Waals surface area contributed by atoms with Crippen molar-refractivity contribution in [2.45, 2.75) is 38.4 Å². The zero-order valence-electron chi connectivity index (χ0n) is 13.8. The zero-order chi connectivity index (χ0) is 17.5. The number of carbonyl (C=O) groups excluding carboxylic acids is 1. The van der Waals surface area contributed by atoms with Crippen molar-refractivity contribution >= 4 is 11.6 Å². The van der Waals surface area contributed by atoms with E-state index in [1.165, 1.54) is 12.1 Å². The molecule has 24 heavy (non-hydrogen) atoms. The Bertz CT molecular complexity index is 542. The fraction of sp³-hybridized carbons (Fsp3) is 0.588. The van der Waals surface area contributed by atoms with Crippen molar-refractivity contribution in [2.24, 2.45) is 5.92 Å². The monoisotopic (exact) mass is 342 g/mol. The number of para-hydroxylation sites is 2. The van der Waals surface area contributed by atoms with Gasteiger partial charge in [0.1, 0.15) is 5.75 Å². The summed E-state index contributed by atoms with van der Waals surface area (Å²) in [7, 11) is 1.81. The maximum atomic E-state index is 12.4. The van der Waals surface area contributed by atoms with Crippen LogP contribution in [0, 0.1) is 5.92 Å². The number of aliphatic hydroxyl groups is 1. The molecule has 0 bridgehead atoms. The SMILES string of the molecule is CN(CC(=O)Nc1ccccc1OC(F)F)CC1CCCCC1O. The Morgan fingerprint density at radius 2 is 2.08 bits per heavy atom. The van der Waals surface area contributed by atoms with Crippen LogP contribution in [0.3, 0.4) is 0 Å². The number of anilines is 1. The molecule has 2 unspecified atom stereocenters. The van der Waals surface area contributed by atoms with Crippen LogP contribution >= 0.6 is 0 Å². The number of ether oxygens (including phenoxy) is 1. The fourth-order valence-electron chi connectivity index (χ4n) is 3.07. The van der Waals surface area contributed by atoms with E-state index < -0.39 is 6.61 Å². The number of halogens is 2. The molecular weight excluding hydrogens is 318 g/mol. The third-order valence-corrected chi connectivity index (χ3v) is 4.21. The van der Waals surface area contributed by atoms with Crippen molar-refractivity contribution in [3.8, 4) is 5.75 Å². The predicted molar refractivity (Wildman–Crippen MR) is 87.2 cm³/mol. The second-order valence-corrected chi connectivity index (χ2v) is 6.23. The first-order valence-corrected chi connectivity index (χ1v) is 8.16. The van der Waals surface area contributed by atoms with Crippen molar-refractivity contribution in [2.75, 3.05) is 25.5 Å². The number of likely N-dealkylation sites (N-methyl/N-ethyl adjacent to an activating group) is 1. The van der Waals surface area contributed by atoms with E-state index in [9.17, 15) is 18.7 Å². The minimum absolute atomic E-state index is 0.0637. The van der Waals surface area contributed by atoms with Crippen LogP contribution < -0.4 is 10.1 Å². The Morgan fingerprint density at radius 3 is 2.79 bits per heavy atom. The maximum absolute atomic E-state index is 12.4. The number of amides is 1. The first-order valence-electron chi connectivity index (χ1n) is 8.16. The second kappa shape index (κ2) is 8.94. The Hall–Kier alpha value is -1.73. The lowest BCUT2D eigenvalue weighted by Gasteiger charge is -2.30. The van der Waals surface area contributed by atoms with Crippen molar-refractivity contribution in [1.29, 1.82) is 0 Å². The summed E-state index contributed by atoms with van der Waals surface area (Å²) in [5.74, 6) is -0.203. The van der Waals surface area contributed by atoms with Crippen molar-refractivity contribution in [3.05, 3.63) is 24.3 Å². The van der Waals surface area contributed by atoms with Gasteiger partial charge in [-0.2, -0.15) is 8.78 Å². The van der Waals surface area contributed by atoms with E-state index in [4.69, 9.17) is 0 Å². The van der Waals surface area contributed by atoms with Gasteiger partial charge in [0.2, 0.25) is 5.91 Å². The van der Waals surface area contributed by atoms with Crippen molar-refractivity contribution < 1.29 is 23.4 Å². The Morgan fingerprint density at radius 1 is 1.38 bits per heavy atom. The Kier molecular flexibility index (Phi) is 6.93. The summed E-state index contributed by atoms with van der Waals surface area (Å²) in [4.78, 5) is 14.0. The highest BCUT2D eigenvalue weighted by atomic mass is 19.3. The van der Waals surface area contributed by atoms with E-state index in [-0.39, 0.29) is 35.9 Å². The number of benzene rings is 1. The summed E-state index contributed by atoms with van der Waals surface area (Å²) >= 11 is 0. The van der Waals surface area contributed by atoms with Crippen LogP contribution in [-0.4, -0.2) is 48.8 Å². The summed E-state index contributed by atoms with van der Waals surface area (Å²) in [6, 6.07) is 6.09. The number of alkyl halides is 2. The summed E-state index contributed by atoms with van der Waals surface area (Å²) in [5, 5.41) is 12.6. The highest BCUT2D eigenvalue weighted by Crippen LogP contribution is 2.26. The molecule has 5 nitrogen and oxygen atoms in total. The normalized spacial score (nSPS) is 21.1. The molecule has 1 saturated carbocycles. The number of hydrogen-bond donors (Lipinski definition) is 2. The second-order valence-electron chi connectivity index (χ2n) is 6.23. The molecule has 0 aliphatic heterocycles. The molecule has 1 aliphatic carbocycles. The number of rotatable bonds is 7. The number of carbonyl (C=O) groups is 1. The van der Waals surface area contributed by atoms with Gasteiger partial charge in [-0.05, 0) is 37.9 Å². The van der Waals surface area contributed by atoms with E-state index in [0.717, 1.165) is 25.7 Å². The molecule has 1 aromatic carbocycles. The number of nitrogens with one attached hydrogen (secondary N) is 1. The first-order chi connectivity index (χ1) is 11.5. The van der Waals surface area contributed by atoms with Crippen LogP contribution in [0.4, 0.5) is 14.5 Å². The Balaban J connectivity index is 1.86. The van der Waals surface area contributed by atoms with Gasteiger partial charge >= 0.3 is 6.61 Å². The van der Waals surface area contributed by atoms with Gasteiger partial charge in [-0.15, -0.1) is 0 Å². The average Bonchev–Trinajstić information content (AvgIpc) is 2.51. The van der Waals surface area contributed by atoms with Gasteiger partial charge in [0, 0.05) is 6.54 Å². The molecule has 0 spiro atoms. The fourth-order valence-corrected chi connectivity index (χ4v) is 3.07. The van der Waals surface area contributed by atoms with Crippen LogP contribution in [-0.2, 0) is 4.79 Å². The van der Waals surface area contributed by atoms with Crippen LogP contribution in [0.2, 0.25) is 0 Å². The smallest absolute Gasteiger partial charge is 0.387 e. The molecule has 2 rings (SSSR count). The number of nitrogens with zero attached hydrogens (tertiary/aromatic N) is 1. The minimum atomic E-state index is -2.95. The standard InChI is InChI=1S/C17H24F2N2O3/c1-21(10-12-6-2-4-8-14(12)22)11-16(23)20-13-7-3-5-9-15(13)24-17(18)19/h3,5,7,9,12,14,17,22H,2,4,6,8,10-11H2,1H3,(H,20,23). The van der Waals surface area contributed by atoms with E-state index >= 15 is 0 Å². The molecule has 1 fully saturated rings. The lowest BCUT2D eigenvalue weighted by molar-refractivity contribution is -0.117. The van der Waals surface area contributed by atoms with Gasteiger partial charge in [-0.1, -0.05) is 25.0 Å². The maximum Gasteiger partial charge on any atom is 0.387 e. The highest BCUT2D eigenvalue weighted by Gasteiger charge is 2.24. The van der Waals surface area contributed by atoms with Gasteiger partial charge in [-0.3, -0.25) is 9.69 Å². The number of aliphatic hydroxyl groups excluding tert-OH is 1. The molecule has 0 heterocycles. The Labute approximate surface area is 140 Å². The van der Waals surface area contributed by atoms with Crippen LogP contribution in [0.15, 0.2) is 24.3 Å². The molecular formula is C17H24F2N2O3. The zero-order valence-corrected chi connectivity index (χ0v) is 13.8. The van der Waals surface area contributed by atoms with Crippen LogP contribution in [0.5, 0.6) is 5.75 Å². The van der Waals surface area contributed by atoms with Gasteiger partial charge < -0.3 is 15.2 Å². The van der Waals surface area contributed by atoms with Gasteiger partial charge in [0.05, 0.1) is 18.3 Å². The van der Waals surface area contributed by atoms with Gasteiger partial charge in [-0.25, -0.2) is 0 Å². The van der Waals surface area contributed by atoms with Gasteiger partial charge in [0.25, 0.3) is 0 Å². The lowest BCUT2D eigenvalue weighted by Crippen LogP contribution is -2.38. The molecule has 2 atom stereocenters. The van der Waals surface area contributed by atoms with Crippen LogP contribution in [0.25, 0.3) is 0 Å². The van der Waals surface area contributed by atoms with E-state index in [1.54, 1.807) is 12.1 Å². The summed E-state index contributed by atoms with van der Waals surface area (Å²) in [6.07, 6.45) is 3.59. The summed E-state index contributed by atoms with van der Waals surface area (Å²) in [5.41, 5.74) is 0.217. The number of hydrogen-bond acceptors (Lipinski definition) is 4. The molecule has 0 saturated heterocycles. The third-order valence-electron chi connectivity index (χ3n) is 4.21. The van der Waals surface area contributed by atoms with Crippen molar-refractivity contribution in [3.63, 3.8) is 0 Å².